The first-order chi connectivity index (χ1) is 12.0. The minimum atomic E-state index is -0.955. The molecular formula is C20H18O4S. The van der Waals surface area contributed by atoms with Gasteiger partial charge in [0, 0.05) is 21.6 Å². The molecule has 2 saturated carbocycles. The summed E-state index contributed by atoms with van der Waals surface area (Å²) in [6, 6.07) is 8.63. The molecule has 0 saturated heterocycles. The number of carbonyl (C=O) groups excluding carboxylic acids is 2. The van der Waals surface area contributed by atoms with Crippen molar-refractivity contribution in [3.8, 4) is 10.4 Å². The van der Waals surface area contributed by atoms with Crippen LogP contribution in [0.25, 0.3) is 10.4 Å². The number of thiophene rings is 1. The van der Waals surface area contributed by atoms with Crippen LogP contribution < -0.4 is 0 Å². The fraction of sp³-hybridized carbons (Fsp3) is 0.350. The Balaban J connectivity index is 1.70. The Labute approximate surface area is 149 Å². The normalized spacial score (nSPS) is 25.4. The van der Waals surface area contributed by atoms with Crippen molar-refractivity contribution in [3.63, 3.8) is 0 Å². The third-order valence-corrected chi connectivity index (χ3v) is 6.61. The van der Waals surface area contributed by atoms with Gasteiger partial charge >= 0.3 is 5.97 Å². The molecule has 0 radical (unpaired) electrons. The molecule has 1 aromatic carbocycles. The number of fused-ring (bicyclic) bond motifs is 2. The lowest BCUT2D eigenvalue weighted by Crippen LogP contribution is -2.34. The van der Waals surface area contributed by atoms with E-state index in [0.717, 1.165) is 40.1 Å². The fourth-order valence-electron chi connectivity index (χ4n) is 4.12. The van der Waals surface area contributed by atoms with Gasteiger partial charge in [0.2, 0.25) is 0 Å². The molecule has 2 bridgehead atoms. The third-order valence-electron chi connectivity index (χ3n) is 5.49. The first-order valence-corrected chi connectivity index (χ1v) is 9.29. The quantitative estimate of drug-likeness (QED) is 0.843. The number of aryl methyl sites for hydroxylation is 1. The summed E-state index contributed by atoms with van der Waals surface area (Å²) in [5.41, 5.74) is 1.99. The number of hydrogen-bond donors (Lipinski definition) is 1. The van der Waals surface area contributed by atoms with Crippen LogP contribution in [0.5, 0.6) is 0 Å². The number of aromatic carboxylic acids is 1. The summed E-state index contributed by atoms with van der Waals surface area (Å²) in [5, 5.41) is 9.01. The number of hydrogen-bond acceptors (Lipinski definition) is 4. The van der Waals surface area contributed by atoms with Crippen LogP contribution in [0.15, 0.2) is 30.3 Å². The molecule has 0 spiro atoms. The van der Waals surface area contributed by atoms with E-state index in [1.54, 1.807) is 35.6 Å². The molecule has 1 aromatic heterocycles. The van der Waals surface area contributed by atoms with E-state index >= 15 is 0 Å². The monoisotopic (exact) mass is 354 g/mol. The first-order valence-electron chi connectivity index (χ1n) is 8.47. The second-order valence-electron chi connectivity index (χ2n) is 6.95. The van der Waals surface area contributed by atoms with Gasteiger partial charge in [0.1, 0.15) is 5.92 Å². The van der Waals surface area contributed by atoms with E-state index < -0.39 is 11.9 Å². The van der Waals surface area contributed by atoms with Gasteiger partial charge in [0.05, 0.1) is 5.56 Å². The highest BCUT2D eigenvalue weighted by Gasteiger charge is 2.48. The zero-order valence-electron chi connectivity index (χ0n) is 13.8. The second-order valence-corrected chi connectivity index (χ2v) is 8.21. The molecule has 2 fully saturated rings. The number of rotatable bonds is 3. The highest BCUT2D eigenvalue weighted by molar-refractivity contribution is 7.15. The topological polar surface area (TPSA) is 71.4 Å². The Kier molecular flexibility index (Phi) is 3.84. The van der Waals surface area contributed by atoms with Gasteiger partial charge in [-0.2, -0.15) is 0 Å². The summed E-state index contributed by atoms with van der Waals surface area (Å²) >= 11 is 1.55. The van der Waals surface area contributed by atoms with E-state index in [-0.39, 0.29) is 29.0 Å². The van der Waals surface area contributed by atoms with Crippen LogP contribution in [-0.4, -0.2) is 22.6 Å². The van der Waals surface area contributed by atoms with Crippen LogP contribution in [-0.2, 0) is 9.59 Å². The van der Waals surface area contributed by atoms with Crippen molar-refractivity contribution >= 4 is 28.9 Å². The standard InChI is InChI=1S/C20H18O4S/c1-10-15(17-18(21)13-6-7-14(8-13)19(17)22)9-16(25-10)11-2-4-12(5-3-11)20(23)24/h2-5,9,13-14,17H,6-8H2,1H3,(H,23,24)/t13-,14?,17?/m1/s1. The molecule has 2 aliphatic rings. The van der Waals surface area contributed by atoms with Gasteiger partial charge in [-0.05, 0) is 55.5 Å². The van der Waals surface area contributed by atoms with Crippen LogP contribution in [0.3, 0.4) is 0 Å². The zero-order chi connectivity index (χ0) is 17.7. The summed E-state index contributed by atoms with van der Waals surface area (Å²) in [6.07, 6.45) is 2.43. The molecule has 2 aromatic rings. The molecule has 4 rings (SSSR count). The summed E-state index contributed by atoms with van der Waals surface area (Å²) < 4.78 is 0. The third kappa shape index (κ3) is 2.63. The highest BCUT2D eigenvalue weighted by atomic mass is 32.1. The van der Waals surface area contributed by atoms with Gasteiger partial charge in [-0.3, -0.25) is 9.59 Å². The maximum Gasteiger partial charge on any atom is 0.335 e. The Hall–Kier alpha value is -2.27. The molecule has 0 aliphatic heterocycles. The molecule has 1 heterocycles. The summed E-state index contributed by atoms with van der Waals surface area (Å²) in [4.78, 5) is 38.4. The van der Waals surface area contributed by atoms with E-state index in [1.807, 2.05) is 13.0 Å². The lowest BCUT2D eigenvalue weighted by atomic mass is 9.75. The summed E-state index contributed by atoms with van der Waals surface area (Å²) in [6.45, 7) is 1.95. The van der Waals surface area contributed by atoms with Crippen LogP contribution in [0.4, 0.5) is 0 Å². The smallest absolute Gasteiger partial charge is 0.335 e. The lowest BCUT2D eigenvalue weighted by Gasteiger charge is -2.25. The van der Waals surface area contributed by atoms with Crippen molar-refractivity contribution in [3.05, 3.63) is 46.3 Å². The maximum atomic E-state index is 12.7. The second kappa shape index (κ2) is 5.92. The van der Waals surface area contributed by atoms with E-state index in [0.29, 0.717) is 0 Å². The van der Waals surface area contributed by atoms with Gasteiger partial charge in [0.15, 0.2) is 11.6 Å². The van der Waals surface area contributed by atoms with Crippen molar-refractivity contribution < 1.29 is 19.5 Å². The summed E-state index contributed by atoms with van der Waals surface area (Å²) in [5.74, 6) is -1.28. The molecular weight excluding hydrogens is 336 g/mol. The van der Waals surface area contributed by atoms with E-state index in [4.69, 9.17) is 5.11 Å². The molecule has 0 amide bonds. The molecule has 5 heteroatoms. The minimum Gasteiger partial charge on any atom is -0.478 e. The van der Waals surface area contributed by atoms with Crippen molar-refractivity contribution in [2.45, 2.75) is 32.1 Å². The van der Waals surface area contributed by atoms with Gasteiger partial charge < -0.3 is 5.11 Å². The average Bonchev–Trinajstić information content (AvgIpc) is 3.20. The van der Waals surface area contributed by atoms with E-state index in [2.05, 4.69) is 0 Å². The van der Waals surface area contributed by atoms with Crippen molar-refractivity contribution in [1.29, 1.82) is 0 Å². The largest absolute Gasteiger partial charge is 0.478 e. The van der Waals surface area contributed by atoms with Crippen molar-refractivity contribution in [1.82, 2.24) is 0 Å². The van der Waals surface area contributed by atoms with E-state index in [9.17, 15) is 14.4 Å². The highest BCUT2D eigenvalue weighted by Crippen LogP contribution is 2.46. The van der Waals surface area contributed by atoms with Gasteiger partial charge in [-0.15, -0.1) is 11.3 Å². The number of carboxylic acids is 1. The Morgan fingerprint density at radius 3 is 2.24 bits per heavy atom. The van der Waals surface area contributed by atoms with E-state index in [1.165, 1.54) is 0 Å². The lowest BCUT2D eigenvalue weighted by molar-refractivity contribution is -0.135. The number of ketones is 2. The Morgan fingerprint density at radius 1 is 1.08 bits per heavy atom. The van der Waals surface area contributed by atoms with Crippen molar-refractivity contribution in [2.75, 3.05) is 0 Å². The number of benzene rings is 1. The predicted octanol–water partition coefficient (Wildman–Crippen LogP) is 4.07. The first kappa shape index (κ1) is 16.2. The number of carboxylic acid groups (broad SMARTS) is 1. The molecule has 1 N–H and O–H groups in total. The summed E-state index contributed by atoms with van der Waals surface area (Å²) in [7, 11) is 0. The maximum absolute atomic E-state index is 12.7. The van der Waals surface area contributed by atoms with Crippen LogP contribution in [0, 0.1) is 18.8 Å². The molecule has 3 atom stereocenters. The van der Waals surface area contributed by atoms with Gasteiger partial charge in [-0.25, -0.2) is 4.79 Å². The fourth-order valence-corrected chi connectivity index (χ4v) is 5.18. The van der Waals surface area contributed by atoms with Gasteiger partial charge in [-0.1, -0.05) is 12.1 Å². The number of carbonyl (C=O) groups is 3. The minimum absolute atomic E-state index is 0.0466. The molecule has 128 valence electrons. The predicted molar refractivity (Wildman–Crippen MR) is 95.0 cm³/mol. The van der Waals surface area contributed by atoms with Crippen LogP contribution >= 0.6 is 11.3 Å². The van der Waals surface area contributed by atoms with Gasteiger partial charge in [0.25, 0.3) is 0 Å². The average molecular weight is 354 g/mol. The molecule has 4 nitrogen and oxygen atoms in total. The zero-order valence-corrected chi connectivity index (χ0v) is 14.6. The molecule has 2 unspecified atom stereocenters. The number of Topliss-reactive ketones (excluding diaryl/α,β-unsaturated/α-hetero) is 2. The Bertz CT molecular complexity index is 856. The van der Waals surface area contributed by atoms with Crippen LogP contribution in [0.1, 0.15) is 46.0 Å². The molecule has 25 heavy (non-hydrogen) atoms. The Morgan fingerprint density at radius 2 is 1.68 bits per heavy atom. The SMILES string of the molecule is Cc1sc(-c2ccc(C(=O)O)cc2)cc1C1C(=O)C2CC[C@H](C2)C1=O. The molecule has 2 aliphatic carbocycles. The van der Waals surface area contributed by atoms with Crippen LogP contribution in [0.2, 0.25) is 0 Å². The van der Waals surface area contributed by atoms with Crippen molar-refractivity contribution in [2.24, 2.45) is 11.8 Å².